The van der Waals surface area contributed by atoms with Crippen LogP contribution in [0.4, 0.5) is 0 Å². The summed E-state index contributed by atoms with van der Waals surface area (Å²) in [6.45, 7) is 7.27. The van der Waals surface area contributed by atoms with Crippen molar-refractivity contribution in [2.45, 2.75) is 45.6 Å². The molecule has 0 aliphatic carbocycles. The molecule has 0 unspecified atom stereocenters. The van der Waals surface area contributed by atoms with Crippen molar-refractivity contribution in [1.82, 2.24) is 0 Å². The first-order valence-electron chi connectivity index (χ1n) is 4.31. The van der Waals surface area contributed by atoms with Crippen molar-refractivity contribution in [2.75, 3.05) is 13.2 Å². The summed E-state index contributed by atoms with van der Waals surface area (Å²) in [6, 6.07) is 0. The van der Waals surface area contributed by atoms with Crippen LogP contribution in [0.3, 0.4) is 0 Å². The molecule has 0 heterocycles. The summed E-state index contributed by atoms with van der Waals surface area (Å²) >= 11 is 0. The van der Waals surface area contributed by atoms with Gasteiger partial charge in [-0.05, 0) is 40.0 Å². The molecule has 0 radical (unpaired) electrons. The number of unbranched alkanes of at least 4 members (excludes halogenated alkanes) is 2. The van der Waals surface area contributed by atoms with E-state index in [-0.39, 0.29) is 46.2 Å². The molecule has 0 amide bonds. The minimum atomic E-state index is -0.0147. The smallest absolute Gasteiger partial charge is 1.00 e. The Morgan fingerprint density at radius 2 is 1.62 bits per heavy atom. The van der Waals surface area contributed by atoms with Gasteiger partial charge in [0.05, 0.1) is 5.60 Å². The number of ether oxygens (including phenoxy) is 1. The van der Waals surface area contributed by atoms with Gasteiger partial charge in [0.2, 0.25) is 0 Å². The molecule has 0 aliphatic rings. The third kappa shape index (κ3) is 19.5. The molecular weight excluding hydrogens is 154 g/mol. The predicted octanol–water partition coefficient (Wildman–Crippen LogP) is -3.80. The standard InChI is InChI=1S/C9H20O2.2Li.2H/c1-9(2,3)11-8-6-4-5-7-10;;;;/h10H,4-8H2,1-3H3;;;;/q;2*+1;2*-1. The number of rotatable bonds is 5. The summed E-state index contributed by atoms with van der Waals surface area (Å²) in [4.78, 5) is 0. The van der Waals surface area contributed by atoms with Gasteiger partial charge in [0.1, 0.15) is 0 Å². The topological polar surface area (TPSA) is 29.5 Å². The van der Waals surface area contributed by atoms with Gasteiger partial charge >= 0.3 is 37.7 Å². The second-order valence-electron chi connectivity index (χ2n) is 3.75. The Bertz CT molecular complexity index is 101. The molecule has 13 heavy (non-hydrogen) atoms. The van der Waals surface area contributed by atoms with E-state index in [0.29, 0.717) is 6.61 Å². The second-order valence-corrected chi connectivity index (χ2v) is 3.75. The summed E-state index contributed by atoms with van der Waals surface area (Å²) in [6.07, 6.45) is 3.01. The third-order valence-corrected chi connectivity index (χ3v) is 1.34. The van der Waals surface area contributed by atoms with E-state index in [1.165, 1.54) is 0 Å². The van der Waals surface area contributed by atoms with Gasteiger partial charge in [-0.1, -0.05) is 0 Å². The fourth-order valence-corrected chi connectivity index (χ4v) is 0.769. The van der Waals surface area contributed by atoms with Gasteiger partial charge in [-0.25, -0.2) is 0 Å². The molecule has 0 aliphatic heterocycles. The molecule has 1 N–H and O–H groups in total. The van der Waals surface area contributed by atoms with Crippen LogP contribution in [0.15, 0.2) is 0 Å². The normalized spacial score (nSPS) is 10.2. The van der Waals surface area contributed by atoms with Crippen molar-refractivity contribution in [3.05, 3.63) is 0 Å². The molecule has 0 saturated carbocycles. The first-order chi connectivity index (χ1) is 5.06. The number of hydrogen-bond donors (Lipinski definition) is 1. The Kier molecular flexibility index (Phi) is 16.9. The zero-order valence-electron chi connectivity index (χ0n) is 11.9. The average Bonchev–Trinajstić information content (AvgIpc) is 1.85. The molecule has 72 valence electrons. The third-order valence-electron chi connectivity index (χ3n) is 1.34. The number of aliphatic hydroxyl groups is 1. The van der Waals surface area contributed by atoms with Crippen molar-refractivity contribution in [1.29, 1.82) is 0 Å². The quantitative estimate of drug-likeness (QED) is 0.344. The maximum absolute atomic E-state index is 8.48. The van der Waals surface area contributed by atoms with Crippen LogP contribution >= 0.6 is 0 Å². The van der Waals surface area contributed by atoms with E-state index in [1.807, 2.05) is 0 Å². The van der Waals surface area contributed by atoms with Gasteiger partial charge in [0.25, 0.3) is 0 Å². The van der Waals surface area contributed by atoms with Crippen LogP contribution in [-0.2, 0) is 4.74 Å². The van der Waals surface area contributed by atoms with Crippen LogP contribution in [-0.4, -0.2) is 23.9 Å². The van der Waals surface area contributed by atoms with E-state index in [1.54, 1.807) is 0 Å². The van der Waals surface area contributed by atoms with Crippen LogP contribution in [0.25, 0.3) is 0 Å². The molecule has 0 aromatic carbocycles. The van der Waals surface area contributed by atoms with Crippen molar-refractivity contribution in [2.24, 2.45) is 0 Å². The van der Waals surface area contributed by atoms with Gasteiger partial charge in [0.15, 0.2) is 0 Å². The number of hydrogen-bond acceptors (Lipinski definition) is 2. The van der Waals surface area contributed by atoms with Crippen LogP contribution in [0.1, 0.15) is 42.9 Å². The van der Waals surface area contributed by atoms with E-state index in [4.69, 9.17) is 9.84 Å². The Labute approximate surface area is 109 Å². The first-order valence-corrected chi connectivity index (χ1v) is 4.31. The van der Waals surface area contributed by atoms with Crippen LogP contribution in [0.5, 0.6) is 0 Å². The van der Waals surface area contributed by atoms with E-state index in [2.05, 4.69) is 20.8 Å². The minimum Gasteiger partial charge on any atom is -1.00 e. The molecule has 0 aromatic rings. The molecule has 0 spiro atoms. The fraction of sp³-hybridized carbons (Fsp3) is 1.00. The van der Waals surface area contributed by atoms with Crippen molar-refractivity contribution in [3.63, 3.8) is 0 Å². The fourth-order valence-electron chi connectivity index (χ4n) is 0.769. The molecule has 0 saturated heterocycles. The molecule has 0 bridgehead atoms. The molecule has 0 rings (SSSR count). The average molecular weight is 176 g/mol. The Balaban J connectivity index is -0.0000000833. The zero-order chi connectivity index (χ0) is 8.74. The minimum absolute atomic E-state index is 0. The van der Waals surface area contributed by atoms with Crippen LogP contribution in [0, 0.1) is 0 Å². The van der Waals surface area contributed by atoms with E-state index in [9.17, 15) is 0 Å². The maximum atomic E-state index is 8.48. The molecule has 0 fully saturated rings. The van der Waals surface area contributed by atoms with Gasteiger partial charge < -0.3 is 12.7 Å². The van der Waals surface area contributed by atoms with Gasteiger partial charge in [0, 0.05) is 13.2 Å². The Hall–Kier alpha value is 1.11. The summed E-state index contributed by atoms with van der Waals surface area (Å²) in [5.74, 6) is 0. The molecular formula is C9H22Li2O2. The number of aliphatic hydroxyl groups excluding tert-OH is 1. The van der Waals surface area contributed by atoms with E-state index in [0.717, 1.165) is 25.9 Å². The first kappa shape index (κ1) is 19.7. The predicted molar refractivity (Wildman–Crippen MR) is 48.9 cm³/mol. The van der Waals surface area contributed by atoms with Crippen molar-refractivity contribution >= 4 is 0 Å². The summed E-state index contributed by atoms with van der Waals surface area (Å²) in [5.41, 5.74) is -0.0147. The maximum Gasteiger partial charge on any atom is 1.00 e. The van der Waals surface area contributed by atoms with Gasteiger partial charge in [-0.15, -0.1) is 0 Å². The Morgan fingerprint density at radius 3 is 2.00 bits per heavy atom. The van der Waals surface area contributed by atoms with E-state index >= 15 is 0 Å². The van der Waals surface area contributed by atoms with Crippen LogP contribution in [0.2, 0.25) is 0 Å². The van der Waals surface area contributed by atoms with E-state index < -0.39 is 0 Å². The summed E-state index contributed by atoms with van der Waals surface area (Å²) < 4.78 is 5.49. The van der Waals surface area contributed by atoms with Crippen molar-refractivity contribution < 1.29 is 50.4 Å². The summed E-state index contributed by atoms with van der Waals surface area (Å²) in [7, 11) is 0. The molecule has 2 nitrogen and oxygen atoms in total. The molecule has 4 heteroatoms. The van der Waals surface area contributed by atoms with Crippen molar-refractivity contribution in [3.8, 4) is 0 Å². The monoisotopic (exact) mass is 176 g/mol. The molecule has 0 aromatic heterocycles. The summed E-state index contributed by atoms with van der Waals surface area (Å²) in [5, 5.41) is 8.48. The zero-order valence-corrected chi connectivity index (χ0v) is 9.89. The Morgan fingerprint density at radius 1 is 1.08 bits per heavy atom. The van der Waals surface area contributed by atoms with Gasteiger partial charge in [-0.2, -0.15) is 0 Å². The van der Waals surface area contributed by atoms with Crippen LogP contribution < -0.4 is 37.7 Å². The largest absolute Gasteiger partial charge is 1.00 e. The SMILES string of the molecule is CC(C)(C)OCCCCCO.[H-].[H-].[Li+].[Li+]. The second kappa shape index (κ2) is 11.2. The molecule has 0 atom stereocenters. The van der Waals surface area contributed by atoms with Gasteiger partial charge in [-0.3, -0.25) is 0 Å².